The summed E-state index contributed by atoms with van der Waals surface area (Å²) >= 11 is 0. The van der Waals surface area contributed by atoms with Crippen LogP contribution >= 0.6 is 0 Å². The summed E-state index contributed by atoms with van der Waals surface area (Å²) in [5.74, 6) is 0. The SMILES string of the molecule is C=C(C)C(/C=C\CC)=C/C=C\C. The molecule has 0 rings (SSSR count). The monoisotopic (exact) mass is 162 g/mol. The van der Waals surface area contributed by atoms with Crippen molar-refractivity contribution in [2.45, 2.75) is 27.2 Å². The lowest BCUT2D eigenvalue weighted by Gasteiger charge is -1.97. The third-order valence-corrected chi connectivity index (χ3v) is 1.49. The number of rotatable bonds is 4. The smallest absolute Gasteiger partial charge is 0.0237 e. The van der Waals surface area contributed by atoms with Crippen LogP contribution in [-0.4, -0.2) is 0 Å². The Bertz CT molecular complexity index is 214. The molecule has 0 aliphatic heterocycles. The van der Waals surface area contributed by atoms with Gasteiger partial charge in [-0.3, -0.25) is 0 Å². The quantitative estimate of drug-likeness (QED) is 0.547. The molecule has 0 atom stereocenters. The van der Waals surface area contributed by atoms with Gasteiger partial charge in [0, 0.05) is 0 Å². The highest BCUT2D eigenvalue weighted by Crippen LogP contribution is 2.08. The molecule has 0 heterocycles. The summed E-state index contributed by atoms with van der Waals surface area (Å²) in [5, 5.41) is 0. The molecule has 0 aliphatic rings. The summed E-state index contributed by atoms with van der Waals surface area (Å²) < 4.78 is 0. The van der Waals surface area contributed by atoms with E-state index < -0.39 is 0 Å². The van der Waals surface area contributed by atoms with Crippen LogP contribution in [0.25, 0.3) is 0 Å². The van der Waals surface area contributed by atoms with E-state index >= 15 is 0 Å². The van der Waals surface area contributed by atoms with E-state index in [4.69, 9.17) is 0 Å². The molecular formula is C12H18. The second-order valence-electron chi connectivity index (χ2n) is 2.74. The number of hydrogen-bond donors (Lipinski definition) is 0. The number of hydrogen-bond acceptors (Lipinski definition) is 0. The van der Waals surface area contributed by atoms with Crippen molar-refractivity contribution in [2.75, 3.05) is 0 Å². The summed E-state index contributed by atoms with van der Waals surface area (Å²) in [5.41, 5.74) is 2.31. The molecule has 0 aromatic heterocycles. The first-order valence-corrected chi connectivity index (χ1v) is 4.37. The molecule has 0 saturated heterocycles. The van der Waals surface area contributed by atoms with Crippen molar-refractivity contribution in [3.05, 3.63) is 48.1 Å². The van der Waals surface area contributed by atoms with Crippen LogP contribution in [0.2, 0.25) is 0 Å². The van der Waals surface area contributed by atoms with Gasteiger partial charge < -0.3 is 0 Å². The zero-order valence-corrected chi connectivity index (χ0v) is 8.30. The van der Waals surface area contributed by atoms with Crippen molar-refractivity contribution in [2.24, 2.45) is 0 Å². The van der Waals surface area contributed by atoms with Crippen LogP contribution in [0.1, 0.15) is 27.2 Å². The lowest BCUT2D eigenvalue weighted by Crippen LogP contribution is -1.77. The van der Waals surface area contributed by atoms with Gasteiger partial charge in [-0.25, -0.2) is 0 Å². The van der Waals surface area contributed by atoms with E-state index in [-0.39, 0.29) is 0 Å². The molecule has 0 spiro atoms. The largest absolute Gasteiger partial charge is 0.0955 e. The van der Waals surface area contributed by atoms with Crippen LogP contribution in [0.5, 0.6) is 0 Å². The topological polar surface area (TPSA) is 0 Å². The molecule has 0 heteroatoms. The number of allylic oxidation sites excluding steroid dienone is 7. The predicted octanol–water partition coefficient (Wildman–Crippen LogP) is 4.03. The molecule has 12 heavy (non-hydrogen) atoms. The van der Waals surface area contributed by atoms with Gasteiger partial charge in [0.2, 0.25) is 0 Å². The fraction of sp³-hybridized carbons (Fsp3) is 0.333. The first-order valence-electron chi connectivity index (χ1n) is 4.37. The summed E-state index contributed by atoms with van der Waals surface area (Å²) in [6.07, 6.45) is 11.5. The maximum absolute atomic E-state index is 3.91. The third-order valence-electron chi connectivity index (χ3n) is 1.49. The molecule has 0 fully saturated rings. The van der Waals surface area contributed by atoms with Crippen LogP contribution in [-0.2, 0) is 0 Å². The average Bonchev–Trinajstić information content (AvgIpc) is 2.04. The standard InChI is InChI=1S/C12H18/c1-5-7-9-12(11(3)4)10-8-6-2/h5,7-10H,3,6H2,1-2,4H3/b7-5-,10-8-,12-9+. The van der Waals surface area contributed by atoms with E-state index in [9.17, 15) is 0 Å². The van der Waals surface area contributed by atoms with Gasteiger partial charge in [0.05, 0.1) is 0 Å². The first kappa shape index (κ1) is 11.0. The van der Waals surface area contributed by atoms with Crippen molar-refractivity contribution in [3.8, 4) is 0 Å². The Morgan fingerprint density at radius 2 is 2.08 bits per heavy atom. The molecule has 0 radical (unpaired) electrons. The van der Waals surface area contributed by atoms with Crippen molar-refractivity contribution >= 4 is 0 Å². The van der Waals surface area contributed by atoms with Crippen LogP contribution in [0.3, 0.4) is 0 Å². The Morgan fingerprint density at radius 1 is 1.42 bits per heavy atom. The van der Waals surface area contributed by atoms with Gasteiger partial charge in [0.1, 0.15) is 0 Å². The van der Waals surface area contributed by atoms with Crippen molar-refractivity contribution in [3.63, 3.8) is 0 Å². The van der Waals surface area contributed by atoms with Gasteiger partial charge in [-0.1, -0.05) is 49.5 Å². The van der Waals surface area contributed by atoms with Crippen LogP contribution in [0, 0.1) is 0 Å². The molecule has 0 amide bonds. The van der Waals surface area contributed by atoms with Gasteiger partial charge in [-0.05, 0) is 25.8 Å². The summed E-state index contributed by atoms with van der Waals surface area (Å²) in [6, 6.07) is 0. The molecular weight excluding hydrogens is 144 g/mol. The van der Waals surface area contributed by atoms with E-state index in [1.165, 1.54) is 5.57 Å². The fourth-order valence-corrected chi connectivity index (χ4v) is 0.785. The highest BCUT2D eigenvalue weighted by Gasteiger charge is 1.88. The molecule has 0 aromatic carbocycles. The lowest BCUT2D eigenvalue weighted by molar-refractivity contribution is 1.22. The van der Waals surface area contributed by atoms with Gasteiger partial charge in [0.25, 0.3) is 0 Å². The van der Waals surface area contributed by atoms with Crippen molar-refractivity contribution in [1.29, 1.82) is 0 Å². The van der Waals surface area contributed by atoms with Gasteiger partial charge in [0.15, 0.2) is 0 Å². The van der Waals surface area contributed by atoms with Gasteiger partial charge in [-0.2, -0.15) is 0 Å². The Morgan fingerprint density at radius 3 is 2.50 bits per heavy atom. The summed E-state index contributed by atoms with van der Waals surface area (Å²) in [6.45, 7) is 10.1. The molecule has 0 aliphatic carbocycles. The second-order valence-corrected chi connectivity index (χ2v) is 2.74. The van der Waals surface area contributed by atoms with Crippen LogP contribution in [0.15, 0.2) is 48.1 Å². The van der Waals surface area contributed by atoms with Crippen molar-refractivity contribution < 1.29 is 0 Å². The van der Waals surface area contributed by atoms with E-state index in [2.05, 4.69) is 31.7 Å². The first-order chi connectivity index (χ1) is 5.72. The zero-order valence-electron chi connectivity index (χ0n) is 8.30. The Kier molecular flexibility index (Phi) is 6.08. The maximum atomic E-state index is 3.91. The third kappa shape index (κ3) is 4.73. The van der Waals surface area contributed by atoms with Gasteiger partial charge >= 0.3 is 0 Å². The van der Waals surface area contributed by atoms with E-state index in [1.807, 2.05) is 26.0 Å². The Labute approximate surface area is 76.0 Å². The van der Waals surface area contributed by atoms with E-state index in [0.717, 1.165) is 12.0 Å². The van der Waals surface area contributed by atoms with Crippen LogP contribution < -0.4 is 0 Å². The minimum Gasteiger partial charge on any atom is -0.0955 e. The highest BCUT2D eigenvalue weighted by atomic mass is 13.9. The molecule has 0 aromatic rings. The summed E-state index contributed by atoms with van der Waals surface area (Å²) in [7, 11) is 0. The Hall–Kier alpha value is -1.04. The summed E-state index contributed by atoms with van der Waals surface area (Å²) in [4.78, 5) is 0. The fourth-order valence-electron chi connectivity index (χ4n) is 0.785. The molecule has 0 unspecified atom stereocenters. The molecule has 66 valence electrons. The molecule has 0 nitrogen and oxygen atoms in total. The van der Waals surface area contributed by atoms with Crippen molar-refractivity contribution in [1.82, 2.24) is 0 Å². The normalized spacial score (nSPS) is 13.1. The molecule has 0 bridgehead atoms. The highest BCUT2D eigenvalue weighted by molar-refractivity contribution is 5.38. The van der Waals surface area contributed by atoms with Crippen LogP contribution in [0.4, 0.5) is 0 Å². The minimum absolute atomic E-state index is 1.07. The van der Waals surface area contributed by atoms with E-state index in [0.29, 0.717) is 0 Å². The average molecular weight is 162 g/mol. The molecule has 0 saturated carbocycles. The predicted molar refractivity (Wildman–Crippen MR) is 57.1 cm³/mol. The maximum Gasteiger partial charge on any atom is -0.0237 e. The van der Waals surface area contributed by atoms with Gasteiger partial charge in [-0.15, -0.1) is 0 Å². The van der Waals surface area contributed by atoms with E-state index in [1.54, 1.807) is 0 Å². The lowest BCUT2D eigenvalue weighted by atomic mass is 10.1. The minimum atomic E-state index is 1.07. The molecule has 0 N–H and O–H groups in total. The Balaban J connectivity index is 4.43. The zero-order chi connectivity index (χ0) is 9.40. The second kappa shape index (κ2) is 6.66.